The number of hydrogen-bond acceptors (Lipinski definition) is 4. The van der Waals surface area contributed by atoms with Crippen LogP contribution in [0.4, 0.5) is 11.4 Å². The van der Waals surface area contributed by atoms with E-state index in [1.807, 2.05) is 13.8 Å². The first-order chi connectivity index (χ1) is 22.8. The van der Waals surface area contributed by atoms with Crippen LogP contribution in [-0.2, 0) is 21.7 Å². The van der Waals surface area contributed by atoms with Gasteiger partial charge in [-0.2, -0.15) is 0 Å². The molecule has 0 fully saturated rings. The first-order valence-corrected chi connectivity index (χ1v) is 17.9. The van der Waals surface area contributed by atoms with Gasteiger partial charge in [-0.1, -0.05) is 119 Å². The lowest BCUT2D eigenvalue weighted by Crippen LogP contribution is -2.18. The van der Waals surface area contributed by atoms with Crippen LogP contribution < -0.4 is 0 Å². The van der Waals surface area contributed by atoms with Gasteiger partial charge in [-0.15, -0.1) is 0 Å². The molecular weight excluding hydrogens is 613 g/mol. The molecule has 0 unspecified atom stereocenters. The average molecular weight is 673 g/mol. The minimum Gasteiger partial charge on any atom is -0.507 e. The van der Waals surface area contributed by atoms with Crippen LogP contribution in [0.1, 0.15) is 141 Å². The second-order valence-corrected chi connectivity index (χ2v) is 18.3. The van der Waals surface area contributed by atoms with E-state index in [-0.39, 0.29) is 33.2 Å². The fraction of sp³-hybridized carbons (Fsp3) is 0.435. The predicted molar refractivity (Wildman–Crippen MR) is 216 cm³/mol. The normalized spacial score (nSPS) is 13.6. The van der Waals surface area contributed by atoms with Gasteiger partial charge >= 0.3 is 0 Å². The Morgan fingerprint density at radius 3 is 1.06 bits per heavy atom. The Hall–Kier alpha value is -4.18. The first-order valence-electron chi connectivity index (χ1n) is 17.9. The summed E-state index contributed by atoms with van der Waals surface area (Å²) >= 11 is 0. The number of rotatable bonds is 5. The van der Waals surface area contributed by atoms with Crippen LogP contribution in [0.2, 0.25) is 0 Å². The number of hydrogen-bond donors (Lipinski definition) is 2. The van der Waals surface area contributed by atoms with Crippen molar-refractivity contribution >= 4 is 22.8 Å². The average Bonchev–Trinajstić information content (AvgIpc) is 2.95. The predicted octanol–water partition coefficient (Wildman–Crippen LogP) is 12.9. The summed E-state index contributed by atoms with van der Waals surface area (Å²) in [4.78, 5) is 10.5. The summed E-state index contributed by atoms with van der Waals surface area (Å²) in [6.07, 6.45) is 0. The molecule has 0 aliphatic rings. The molecule has 4 heteroatoms. The van der Waals surface area contributed by atoms with Gasteiger partial charge in [0.1, 0.15) is 11.5 Å². The molecule has 0 radical (unpaired) electrons. The number of nitrogens with zero attached hydrogens (tertiary/aromatic N) is 2. The lowest BCUT2D eigenvalue weighted by molar-refractivity contribution is 0.442. The fourth-order valence-corrected chi connectivity index (χ4v) is 6.24. The maximum atomic E-state index is 11.6. The SMILES string of the molecule is CC(=Nc1cc(C)ccc1-c1ccc(C)cc1N=C(C)c1cc(C(C)(C)C)cc(C(C)(C)C)c1O)c1cc(C(C)(C)C)cc(C(C)(C)C)c1O. The Kier molecular flexibility index (Phi) is 10.4. The Labute approximate surface area is 302 Å². The molecule has 0 atom stereocenters. The van der Waals surface area contributed by atoms with Crippen molar-refractivity contribution in [2.24, 2.45) is 9.98 Å². The molecule has 50 heavy (non-hydrogen) atoms. The molecule has 2 N–H and O–H groups in total. The number of aryl methyl sites for hydroxylation is 2. The first kappa shape index (κ1) is 38.6. The van der Waals surface area contributed by atoms with Gasteiger partial charge in [0.25, 0.3) is 0 Å². The van der Waals surface area contributed by atoms with Gasteiger partial charge in [0.15, 0.2) is 0 Å². The van der Waals surface area contributed by atoms with Crippen LogP contribution in [0.5, 0.6) is 11.5 Å². The third kappa shape index (κ3) is 8.40. The molecule has 0 bridgehead atoms. The van der Waals surface area contributed by atoms with Crippen LogP contribution in [-0.4, -0.2) is 21.6 Å². The van der Waals surface area contributed by atoms with Crippen LogP contribution in [0.3, 0.4) is 0 Å². The number of aliphatic imine (C=N–C) groups is 2. The molecule has 0 amide bonds. The minimum atomic E-state index is -0.240. The molecule has 266 valence electrons. The summed E-state index contributed by atoms with van der Waals surface area (Å²) in [5.74, 6) is 0.563. The van der Waals surface area contributed by atoms with Crippen molar-refractivity contribution in [3.05, 3.63) is 105 Å². The molecule has 4 aromatic carbocycles. The zero-order chi connectivity index (χ0) is 37.7. The van der Waals surface area contributed by atoms with Gasteiger partial charge < -0.3 is 10.2 Å². The summed E-state index contributed by atoms with van der Waals surface area (Å²) in [5, 5.41) is 23.3. The molecule has 0 aliphatic heterocycles. The van der Waals surface area contributed by atoms with Crippen molar-refractivity contribution in [3.8, 4) is 22.6 Å². The van der Waals surface area contributed by atoms with Crippen molar-refractivity contribution in [3.63, 3.8) is 0 Å². The zero-order valence-electron chi connectivity index (χ0n) is 33.6. The fourth-order valence-electron chi connectivity index (χ4n) is 6.24. The monoisotopic (exact) mass is 672 g/mol. The molecule has 0 aromatic heterocycles. The van der Waals surface area contributed by atoms with Gasteiger partial charge in [0, 0.05) is 44.8 Å². The third-order valence-corrected chi connectivity index (χ3v) is 9.52. The highest BCUT2D eigenvalue weighted by molar-refractivity contribution is 6.06. The Morgan fingerprint density at radius 2 is 0.780 bits per heavy atom. The van der Waals surface area contributed by atoms with Crippen molar-refractivity contribution in [1.82, 2.24) is 0 Å². The molecular formula is C46H60N2O2. The van der Waals surface area contributed by atoms with Crippen molar-refractivity contribution in [2.75, 3.05) is 0 Å². The Morgan fingerprint density at radius 1 is 0.460 bits per heavy atom. The van der Waals surface area contributed by atoms with E-state index in [0.717, 1.165) is 78.4 Å². The molecule has 4 aromatic rings. The summed E-state index contributed by atoms with van der Waals surface area (Å²) in [6.45, 7) is 34.1. The van der Waals surface area contributed by atoms with Crippen LogP contribution in [0, 0.1) is 13.8 Å². The number of phenolic OH excluding ortho intramolecular Hbond substituents is 2. The largest absolute Gasteiger partial charge is 0.507 e. The van der Waals surface area contributed by atoms with Crippen molar-refractivity contribution in [1.29, 1.82) is 0 Å². The maximum Gasteiger partial charge on any atom is 0.128 e. The lowest BCUT2D eigenvalue weighted by Gasteiger charge is -2.27. The van der Waals surface area contributed by atoms with Crippen LogP contribution in [0.15, 0.2) is 70.6 Å². The van der Waals surface area contributed by atoms with E-state index in [0.29, 0.717) is 0 Å². The van der Waals surface area contributed by atoms with Gasteiger partial charge in [-0.3, -0.25) is 9.98 Å². The Balaban J connectivity index is 1.96. The molecule has 0 saturated heterocycles. The van der Waals surface area contributed by atoms with E-state index in [1.54, 1.807) is 0 Å². The maximum absolute atomic E-state index is 11.6. The van der Waals surface area contributed by atoms with Gasteiger partial charge in [0.2, 0.25) is 0 Å². The molecule has 4 nitrogen and oxygen atoms in total. The molecule has 4 rings (SSSR count). The highest BCUT2D eigenvalue weighted by Gasteiger charge is 2.27. The molecule has 0 saturated carbocycles. The number of benzene rings is 4. The number of phenols is 2. The second-order valence-electron chi connectivity index (χ2n) is 18.3. The molecule has 0 heterocycles. The topological polar surface area (TPSA) is 65.2 Å². The van der Waals surface area contributed by atoms with Gasteiger partial charge in [-0.05, 0) is 95.9 Å². The van der Waals surface area contributed by atoms with E-state index in [4.69, 9.17) is 9.98 Å². The highest BCUT2D eigenvalue weighted by atomic mass is 16.3. The molecule has 0 spiro atoms. The van der Waals surface area contributed by atoms with Crippen molar-refractivity contribution < 1.29 is 10.2 Å². The van der Waals surface area contributed by atoms with Gasteiger partial charge in [-0.25, -0.2) is 0 Å². The zero-order valence-corrected chi connectivity index (χ0v) is 33.6. The van der Waals surface area contributed by atoms with E-state index in [9.17, 15) is 10.2 Å². The van der Waals surface area contributed by atoms with Crippen molar-refractivity contribution in [2.45, 2.75) is 132 Å². The van der Waals surface area contributed by atoms with E-state index in [1.165, 1.54) is 0 Å². The van der Waals surface area contributed by atoms with Gasteiger partial charge in [0.05, 0.1) is 11.4 Å². The third-order valence-electron chi connectivity index (χ3n) is 9.52. The van der Waals surface area contributed by atoms with Crippen LogP contribution in [0.25, 0.3) is 11.1 Å². The van der Waals surface area contributed by atoms with E-state index >= 15 is 0 Å². The minimum absolute atomic E-state index is 0.0988. The number of aromatic hydroxyl groups is 2. The smallest absolute Gasteiger partial charge is 0.128 e. The van der Waals surface area contributed by atoms with E-state index in [2.05, 4.69) is 158 Å². The van der Waals surface area contributed by atoms with E-state index < -0.39 is 0 Å². The lowest BCUT2D eigenvalue weighted by atomic mass is 9.78. The summed E-state index contributed by atoms with van der Waals surface area (Å²) < 4.78 is 0. The standard InChI is InChI=1S/C46H60N2O2/c1-27-17-19-33(39(21-27)47-29(3)35-23-31(43(5,6)7)25-37(41(35)49)45(11,12)13)34-20-18-28(2)22-40(34)48-30(4)36-24-32(44(8,9)10)26-38(42(36)50)46(14,15)16/h17-26,49-50H,1-16H3. The quantitative estimate of drug-likeness (QED) is 0.207. The summed E-state index contributed by atoms with van der Waals surface area (Å²) in [7, 11) is 0. The Bertz CT molecular complexity index is 1840. The highest BCUT2D eigenvalue weighted by Crippen LogP contribution is 2.43. The molecule has 0 aliphatic carbocycles. The second kappa shape index (κ2) is 13.5. The summed E-state index contributed by atoms with van der Waals surface area (Å²) in [6, 6.07) is 21.1. The summed E-state index contributed by atoms with van der Waals surface area (Å²) in [5.41, 5.74) is 12.2. The van der Waals surface area contributed by atoms with Crippen LogP contribution >= 0.6 is 0 Å².